The van der Waals surface area contributed by atoms with Gasteiger partial charge < -0.3 is 5.73 Å². The minimum atomic E-state index is 0.0724. The molecule has 0 saturated carbocycles. The first-order valence-electron chi connectivity index (χ1n) is 8.29. The smallest absolute Gasteiger partial charge is 0.180 e. The molecule has 0 saturated heterocycles. The zero-order valence-corrected chi connectivity index (χ0v) is 15.1. The van der Waals surface area contributed by atoms with Gasteiger partial charge in [0.1, 0.15) is 0 Å². The number of benzene rings is 2. The molecule has 0 spiro atoms. The molecule has 0 unspecified atom stereocenters. The average Bonchev–Trinajstić information content (AvgIpc) is 3.08. The topological polar surface area (TPSA) is 68.9 Å². The van der Waals surface area contributed by atoms with Crippen LogP contribution in [-0.4, -0.2) is 15.8 Å². The molecule has 2 N–H and O–H groups in total. The van der Waals surface area contributed by atoms with Gasteiger partial charge in [-0.05, 0) is 30.0 Å². The van der Waals surface area contributed by atoms with Gasteiger partial charge in [-0.1, -0.05) is 53.3 Å². The van der Waals surface area contributed by atoms with Crippen molar-refractivity contribution in [3.05, 3.63) is 77.7 Å². The molecule has 5 heteroatoms. The minimum absolute atomic E-state index is 0.0724. The summed E-state index contributed by atoms with van der Waals surface area (Å²) in [5.74, 6) is 0.0724. The van der Waals surface area contributed by atoms with Crippen LogP contribution in [0.25, 0.3) is 21.2 Å². The molecule has 2 heterocycles. The van der Waals surface area contributed by atoms with E-state index in [0.717, 1.165) is 32.5 Å². The van der Waals surface area contributed by atoms with Gasteiger partial charge >= 0.3 is 0 Å². The summed E-state index contributed by atoms with van der Waals surface area (Å²) in [5.41, 5.74) is 9.42. The quantitative estimate of drug-likeness (QED) is 0.537. The van der Waals surface area contributed by atoms with Gasteiger partial charge in [-0.3, -0.25) is 9.78 Å². The third-order valence-electron chi connectivity index (χ3n) is 4.30. The minimum Gasteiger partial charge on any atom is -0.375 e. The van der Waals surface area contributed by atoms with Crippen LogP contribution in [0.1, 0.15) is 21.6 Å². The Morgan fingerprint density at radius 1 is 1.00 bits per heavy atom. The van der Waals surface area contributed by atoms with Gasteiger partial charge in [-0.25, -0.2) is 4.98 Å². The van der Waals surface area contributed by atoms with Crippen LogP contribution in [0.4, 0.5) is 5.13 Å². The number of Topliss-reactive ketones (excluding diaryl/α,β-unsaturated/α-hetero) is 1. The third-order valence-corrected chi connectivity index (χ3v) is 5.18. The van der Waals surface area contributed by atoms with E-state index in [4.69, 9.17) is 5.73 Å². The van der Waals surface area contributed by atoms with Crippen LogP contribution >= 0.6 is 11.3 Å². The van der Waals surface area contributed by atoms with Crippen molar-refractivity contribution in [3.63, 3.8) is 0 Å². The Morgan fingerprint density at radius 2 is 1.81 bits per heavy atom. The number of pyridine rings is 1. The number of fused-ring (bicyclic) bond motifs is 1. The maximum atomic E-state index is 12.5. The van der Waals surface area contributed by atoms with E-state index < -0.39 is 0 Å². The molecule has 0 amide bonds. The summed E-state index contributed by atoms with van der Waals surface area (Å²) in [6.45, 7) is 2.01. The number of nitrogen functional groups attached to an aromatic ring is 1. The lowest BCUT2D eigenvalue weighted by Gasteiger charge is -2.05. The fraction of sp³-hybridized carbons (Fsp3) is 0.0952. The SMILES string of the molecule is Cc1ccc(C(=O)Cc2cc3cc(-c4cnc(N)s4)ccc3cn2)cc1. The Balaban J connectivity index is 1.63. The van der Waals surface area contributed by atoms with Crippen LogP contribution in [0.5, 0.6) is 0 Å². The number of hydrogen-bond acceptors (Lipinski definition) is 5. The van der Waals surface area contributed by atoms with Crippen LogP contribution < -0.4 is 5.73 Å². The molecular formula is C21H17N3OS. The number of rotatable bonds is 4. The largest absolute Gasteiger partial charge is 0.375 e. The van der Waals surface area contributed by atoms with E-state index in [0.29, 0.717) is 10.7 Å². The van der Waals surface area contributed by atoms with Crippen LogP contribution in [0.15, 0.2) is 60.9 Å². The normalized spacial score (nSPS) is 11.0. The average molecular weight is 359 g/mol. The summed E-state index contributed by atoms with van der Waals surface area (Å²) in [7, 11) is 0. The Kier molecular flexibility index (Phi) is 4.22. The fourth-order valence-electron chi connectivity index (χ4n) is 2.86. The van der Waals surface area contributed by atoms with E-state index >= 15 is 0 Å². The second kappa shape index (κ2) is 6.69. The Labute approximate surface area is 155 Å². The van der Waals surface area contributed by atoms with Crippen molar-refractivity contribution in [1.29, 1.82) is 0 Å². The highest BCUT2D eigenvalue weighted by Gasteiger charge is 2.09. The summed E-state index contributed by atoms with van der Waals surface area (Å²) in [6.07, 6.45) is 3.89. The number of thiazole rings is 1. The van der Waals surface area contributed by atoms with Crippen LogP contribution in [0.2, 0.25) is 0 Å². The van der Waals surface area contributed by atoms with E-state index in [-0.39, 0.29) is 12.2 Å². The lowest BCUT2D eigenvalue weighted by molar-refractivity contribution is 0.0992. The molecule has 2 aromatic carbocycles. The van der Waals surface area contributed by atoms with Crippen molar-refractivity contribution >= 4 is 33.0 Å². The van der Waals surface area contributed by atoms with E-state index in [1.54, 1.807) is 6.20 Å². The van der Waals surface area contributed by atoms with E-state index in [1.165, 1.54) is 11.3 Å². The van der Waals surface area contributed by atoms with Crippen molar-refractivity contribution in [2.45, 2.75) is 13.3 Å². The van der Waals surface area contributed by atoms with Crippen molar-refractivity contribution in [2.24, 2.45) is 0 Å². The lowest BCUT2D eigenvalue weighted by atomic mass is 10.0. The van der Waals surface area contributed by atoms with Crippen molar-refractivity contribution < 1.29 is 4.79 Å². The predicted octanol–water partition coefficient (Wildman–Crippen LogP) is 4.67. The molecular weight excluding hydrogens is 342 g/mol. The number of hydrogen-bond donors (Lipinski definition) is 1. The molecule has 0 atom stereocenters. The number of aryl methyl sites for hydroxylation is 1. The maximum absolute atomic E-state index is 12.5. The molecule has 0 aliphatic rings. The van der Waals surface area contributed by atoms with E-state index in [1.807, 2.05) is 55.6 Å². The second-order valence-corrected chi connectivity index (χ2v) is 7.33. The van der Waals surface area contributed by atoms with E-state index in [2.05, 4.69) is 16.0 Å². The van der Waals surface area contributed by atoms with Gasteiger partial charge in [-0.15, -0.1) is 0 Å². The first-order chi connectivity index (χ1) is 12.6. The molecule has 0 fully saturated rings. The first-order valence-corrected chi connectivity index (χ1v) is 9.10. The van der Waals surface area contributed by atoms with Gasteiger partial charge in [0.2, 0.25) is 0 Å². The predicted molar refractivity (Wildman–Crippen MR) is 106 cm³/mol. The number of nitrogens with zero attached hydrogens (tertiary/aromatic N) is 2. The van der Waals surface area contributed by atoms with Gasteiger partial charge in [0.15, 0.2) is 10.9 Å². The highest BCUT2D eigenvalue weighted by molar-refractivity contribution is 7.18. The molecule has 128 valence electrons. The molecule has 2 aromatic heterocycles. The number of carbonyl (C=O) groups is 1. The molecule has 4 rings (SSSR count). The van der Waals surface area contributed by atoms with E-state index in [9.17, 15) is 4.79 Å². The number of anilines is 1. The monoisotopic (exact) mass is 359 g/mol. The molecule has 0 aliphatic carbocycles. The summed E-state index contributed by atoms with van der Waals surface area (Å²) < 4.78 is 0. The Morgan fingerprint density at radius 3 is 2.54 bits per heavy atom. The van der Waals surface area contributed by atoms with Crippen molar-refractivity contribution in [2.75, 3.05) is 5.73 Å². The number of ketones is 1. The van der Waals surface area contributed by atoms with Crippen LogP contribution in [-0.2, 0) is 6.42 Å². The lowest BCUT2D eigenvalue weighted by Crippen LogP contribution is -2.05. The maximum Gasteiger partial charge on any atom is 0.180 e. The third kappa shape index (κ3) is 3.34. The molecule has 0 bridgehead atoms. The van der Waals surface area contributed by atoms with Gasteiger partial charge in [-0.2, -0.15) is 0 Å². The summed E-state index contributed by atoms with van der Waals surface area (Å²) in [5, 5.41) is 2.65. The zero-order valence-electron chi connectivity index (χ0n) is 14.3. The molecule has 0 aliphatic heterocycles. The molecule has 4 aromatic rings. The van der Waals surface area contributed by atoms with Gasteiger partial charge in [0.25, 0.3) is 0 Å². The fourth-order valence-corrected chi connectivity index (χ4v) is 3.54. The second-order valence-electron chi connectivity index (χ2n) is 6.27. The summed E-state index contributed by atoms with van der Waals surface area (Å²) in [6, 6.07) is 15.8. The Hall–Kier alpha value is -3.05. The van der Waals surface area contributed by atoms with Crippen LogP contribution in [0, 0.1) is 6.92 Å². The zero-order chi connectivity index (χ0) is 18.1. The van der Waals surface area contributed by atoms with Crippen molar-refractivity contribution in [1.82, 2.24) is 9.97 Å². The molecule has 0 radical (unpaired) electrons. The first kappa shape index (κ1) is 16.4. The highest BCUT2D eigenvalue weighted by Crippen LogP contribution is 2.30. The standard InChI is InChI=1S/C21H17N3OS/c1-13-2-4-14(5-3-13)19(25)10-18-9-17-8-15(6-7-16(17)11-23-18)20-12-24-21(22)26-20/h2-9,11-12H,10H2,1H3,(H2,22,24). The van der Waals surface area contributed by atoms with Crippen molar-refractivity contribution in [3.8, 4) is 10.4 Å². The summed E-state index contributed by atoms with van der Waals surface area (Å²) in [4.78, 5) is 22.1. The number of aromatic nitrogens is 2. The van der Waals surface area contributed by atoms with Gasteiger partial charge in [0, 0.05) is 29.0 Å². The number of nitrogens with two attached hydrogens (primary N) is 1. The van der Waals surface area contributed by atoms with Crippen LogP contribution in [0.3, 0.4) is 0 Å². The highest BCUT2D eigenvalue weighted by atomic mass is 32.1. The number of carbonyl (C=O) groups excluding carboxylic acids is 1. The summed E-state index contributed by atoms with van der Waals surface area (Å²) >= 11 is 1.46. The molecule has 26 heavy (non-hydrogen) atoms. The Bertz CT molecular complexity index is 1100. The molecule has 4 nitrogen and oxygen atoms in total. The van der Waals surface area contributed by atoms with Gasteiger partial charge in [0.05, 0.1) is 11.3 Å².